The SMILES string of the molecule is CCNC(=NCC1CCCS1)NCCCOC1CCN(Cc2ccccc2)CC1.I. The van der Waals surface area contributed by atoms with Gasteiger partial charge in [0.2, 0.25) is 0 Å². The molecule has 0 aromatic heterocycles. The average molecular weight is 547 g/mol. The molecule has 7 heteroatoms. The Kier molecular flexibility index (Phi) is 13.1. The molecular weight excluding hydrogens is 507 g/mol. The first-order valence-electron chi connectivity index (χ1n) is 11.3. The first-order valence-corrected chi connectivity index (χ1v) is 12.4. The summed E-state index contributed by atoms with van der Waals surface area (Å²) in [6.45, 7) is 9.02. The van der Waals surface area contributed by atoms with Crippen LogP contribution in [0.1, 0.15) is 44.6 Å². The number of hydrogen-bond donors (Lipinski definition) is 2. The van der Waals surface area contributed by atoms with Gasteiger partial charge in [-0.25, -0.2) is 0 Å². The largest absolute Gasteiger partial charge is 0.378 e. The van der Waals surface area contributed by atoms with Gasteiger partial charge >= 0.3 is 0 Å². The van der Waals surface area contributed by atoms with E-state index < -0.39 is 0 Å². The highest BCUT2D eigenvalue weighted by Gasteiger charge is 2.19. The second kappa shape index (κ2) is 15.3. The molecule has 2 N–H and O–H groups in total. The quantitative estimate of drug-likeness (QED) is 0.200. The second-order valence-electron chi connectivity index (χ2n) is 7.97. The van der Waals surface area contributed by atoms with Gasteiger partial charge < -0.3 is 15.4 Å². The molecule has 1 unspecified atom stereocenters. The molecular formula is C23H39IN4OS. The fraction of sp³-hybridized carbons (Fsp3) is 0.696. The summed E-state index contributed by atoms with van der Waals surface area (Å²) >= 11 is 2.06. The molecule has 2 heterocycles. The topological polar surface area (TPSA) is 48.9 Å². The molecule has 2 saturated heterocycles. The number of rotatable bonds is 10. The summed E-state index contributed by atoms with van der Waals surface area (Å²) in [6.07, 6.45) is 6.38. The number of guanidine groups is 1. The monoisotopic (exact) mass is 546 g/mol. The van der Waals surface area contributed by atoms with Crippen LogP contribution in [-0.2, 0) is 11.3 Å². The lowest BCUT2D eigenvalue weighted by molar-refractivity contribution is 0.00534. The van der Waals surface area contributed by atoms with Crippen LogP contribution in [0.25, 0.3) is 0 Å². The van der Waals surface area contributed by atoms with E-state index in [0.29, 0.717) is 11.4 Å². The third kappa shape index (κ3) is 9.75. The van der Waals surface area contributed by atoms with Crippen LogP contribution in [0.3, 0.4) is 0 Å². The molecule has 5 nitrogen and oxygen atoms in total. The summed E-state index contributed by atoms with van der Waals surface area (Å²) in [5.41, 5.74) is 1.41. The van der Waals surface area contributed by atoms with Gasteiger partial charge in [-0.15, -0.1) is 24.0 Å². The molecule has 0 radical (unpaired) electrons. The Labute approximate surface area is 204 Å². The Bertz CT molecular complexity index is 590. The number of benzene rings is 1. The van der Waals surface area contributed by atoms with E-state index in [-0.39, 0.29) is 24.0 Å². The van der Waals surface area contributed by atoms with Gasteiger partial charge in [0, 0.05) is 44.6 Å². The van der Waals surface area contributed by atoms with E-state index in [4.69, 9.17) is 9.73 Å². The molecule has 170 valence electrons. The molecule has 0 saturated carbocycles. The highest BCUT2D eigenvalue weighted by atomic mass is 127. The van der Waals surface area contributed by atoms with E-state index in [9.17, 15) is 0 Å². The van der Waals surface area contributed by atoms with Gasteiger partial charge in [0.05, 0.1) is 12.6 Å². The summed E-state index contributed by atoms with van der Waals surface area (Å²) in [7, 11) is 0. The predicted molar refractivity (Wildman–Crippen MR) is 140 cm³/mol. The van der Waals surface area contributed by atoms with E-state index in [1.165, 1.54) is 24.2 Å². The number of thioether (sulfide) groups is 1. The molecule has 2 fully saturated rings. The van der Waals surface area contributed by atoms with Gasteiger partial charge in [-0.3, -0.25) is 9.89 Å². The molecule has 0 amide bonds. The third-order valence-corrected chi connectivity index (χ3v) is 6.95. The van der Waals surface area contributed by atoms with Crippen molar-refractivity contribution in [3.8, 4) is 0 Å². The van der Waals surface area contributed by atoms with E-state index in [1.54, 1.807) is 0 Å². The predicted octanol–water partition coefficient (Wildman–Crippen LogP) is 4.13. The fourth-order valence-corrected chi connectivity index (χ4v) is 5.11. The minimum atomic E-state index is 0. The van der Waals surface area contributed by atoms with Crippen molar-refractivity contribution in [1.82, 2.24) is 15.5 Å². The van der Waals surface area contributed by atoms with Crippen molar-refractivity contribution in [3.05, 3.63) is 35.9 Å². The highest BCUT2D eigenvalue weighted by Crippen LogP contribution is 2.26. The van der Waals surface area contributed by atoms with Crippen LogP contribution in [0.2, 0.25) is 0 Å². The Morgan fingerprint density at radius 3 is 2.67 bits per heavy atom. The molecule has 1 aromatic carbocycles. The van der Waals surface area contributed by atoms with Crippen molar-refractivity contribution in [1.29, 1.82) is 0 Å². The Morgan fingerprint density at radius 1 is 1.17 bits per heavy atom. The molecule has 2 aliphatic rings. The van der Waals surface area contributed by atoms with Crippen molar-refractivity contribution in [3.63, 3.8) is 0 Å². The maximum Gasteiger partial charge on any atom is 0.191 e. The molecule has 0 spiro atoms. The highest BCUT2D eigenvalue weighted by molar-refractivity contribution is 14.0. The summed E-state index contributed by atoms with van der Waals surface area (Å²) < 4.78 is 6.13. The molecule has 2 aliphatic heterocycles. The number of ether oxygens (including phenoxy) is 1. The van der Waals surface area contributed by atoms with Crippen molar-refractivity contribution in [2.45, 2.75) is 56.9 Å². The molecule has 1 atom stereocenters. The van der Waals surface area contributed by atoms with Crippen LogP contribution in [0.5, 0.6) is 0 Å². The van der Waals surface area contributed by atoms with E-state index >= 15 is 0 Å². The van der Waals surface area contributed by atoms with Gasteiger partial charge in [-0.05, 0) is 50.3 Å². The number of piperidine rings is 1. The first-order chi connectivity index (χ1) is 14.3. The zero-order chi connectivity index (χ0) is 20.2. The maximum atomic E-state index is 6.13. The lowest BCUT2D eigenvalue weighted by Gasteiger charge is -2.32. The van der Waals surface area contributed by atoms with Crippen LogP contribution >= 0.6 is 35.7 Å². The minimum absolute atomic E-state index is 0. The van der Waals surface area contributed by atoms with Crippen LogP contribution < -0.4 is 10.6 Å². The number of aliphatic imine (C=N–C) groups is 1. The normalized spacial score (nSPS) is 20.7. The van der Waals surface area contributed by atoms with E-state index in [2.05, 4.69) is 64.6 Å². The van der Waals surface area contributed by atoms with Crippen molar-refractivity contribution >= 4 is 41.7 Å². The third-order valence-electron chi connectivity index (χ3n) is 5.57. The number of nitrogens with one attached hydrogen (secondary N) is 2. The zero-order valence-corrected chi connectivity index (χ0v) is 21.5. The van der Waals surface area contributed by atoms with Gasteiger partial charge in [0.15, 0.2) is 5.96 Å². The number of halogens is 1. The summed E-state index contributed by atoms with van der Waals surface area (Å²) in [6, 6.07) is 10.8. The standard InChI is InChI=1S/C23H38N4OS.HI/c1-2-24-23(26-18-22-10-6-17-29-22)25-13-7-16-28-21-11-14-27(15-12-21)19-20-8-4-3-5-9-20;/h3-5,8-9,21-22H,2,6-7,10-19H2,1H3,(H2,24,25,26);1H. The van der Waals surface area contributed by atoms with E-state index in [1.807, 2.05) is 0 Å². The molecule has 1 aromatic rings. The average Bonchev–Trinajstić information content (AvgIpc) is 3.27. The van der Waals surface area contributed by atoms with Crippen molar-refractivity contribution < 1.29 is 4.74 Å². The van der Waals surface area contributed by atoms with Crippen LogP contribution in [-0.4, -0.2) is 67.3 Å². The second-order valence-corrected chi connectivity index (χ2v) is 9.38. The number of nitrogens with zero attached hydrogens (tertiary/aromatic N) is 2. The van der Waals surface area contributed by atoms with Crippen molar-refractivity contribution in [2.75, 3.05) is 45.1 Å². The number of likely N-dealkylation sites (tertiary alicyclic amines) is 1. The fourth-order valence-electron chi connectivity index (χ4n) is 3.93. The van der Waals surface area contributed by atoms with Crippen molar-refractivity contribution in [2.24, 2.45) is 4.99 Å². The number of hydrogen-bond acceptors (Lipinski definition) is 4. The Hall–Kier alpha value is -0.510. The van der Waals surface area contributed by atoms with Gasteiger partial charge in [0.1, 0.15) is 0 Å². The Morgan fingerprint density at radius 2 is 1.97 bits per heavy atom. The summed E-state index contributed by atoms with van der Waals surface area (Å²) in [4.78, 5) is 7.29. The summed E-state index contributed by atoms with van der Waals surface area (Å²) in [5.74, 6) is 2.25. The van der Waals surface area contributed by atoms with Gasteiger partial charge in [-0.2, -0.15) is 11.8 Å². The Balaban J connectivity index is 0.00000320. The van der Waals surface area contributed by atoms with Crippen LogP contribution in [0.15, 0.2) is 35.3 Å². The zero-order valence-electron chi connectivity index (χ0n) is 18.4. The minimum Gasteiger partial charge on any atom is -0.378 e. The van der Waals surface area contributed by atoms with Gasteiger partial charge in [0.25, 0.3) is 0 Å². The smallest absolute Gasteiger partial charge is 0.191 e. The van der Waals surface area contributed by atoms with Crippen LogP contribution in [0.4, 0.5) is 0 Å². The maximum absolute atomic E-state index is 6.13. The lowest BCUT2D eigenvalue weighted by atomic mass is 10.1. The van der Waals surface area contributed by atoms with E-state index in [0.717, 1.165) is 71.1 Å². The molecule has 30 heavy (non-hydrogen) atoms. The first kappa shape index (κ1) is 25.7. The molecule has 0 bridgehead atoms. The summed E-state index contributed by atoms with van der Waals surface area (Å²) in [5, 5.41) is 7.52. The lowest BCUT2D eigenvalue weighted by Crippen LogP contribution is -2.39. The molecule has 3 rings (SSSR count). The van der Waals surface area contributed by atoms with Crippen LogP contribution in [0, 0.1) is 0 Å². The van der Waals surface area contributed by atoms with Gasteiger partial charge in [-0.1, -0.05) is 30.3 Å². The molecule has 0 aliphatic carbocycles.